The van der Waals surface area contributed by atoms with E-state index < -0.39 is 0 Å². The van der Waals surface area contributed by atoms with Crippen LogP contribution in [0.5, 0.6) is 17.2 Å². The van der Waals surface area contributed by atoms with Gasteiger partial charge in [-0.3, -0.25) is 9.59 Å². The van der Waals surface area contributed by atoms with Crippen LogP contribution in [0.15, 0.2) is 30.3 Å². The molecule has 1 N–H and O–H groups in total. The zero-order valence-electron chi connectivity index (χ0n) is 18.6. The summed E-state index contributed by atoms with van der Waals surface area (Å²) in [5.74, 6) is 1.20. The second-order valence-corrected chi connectivity index (χ2v) is 7.17. The van der Waals surface area contributed by atoms with Gasteiger partial charge in [-0.05, 0) is 69.5 Å². The molecule has 2 aromatic rings. The summed E-state index contributed by atoms with van der Waals surface area (Å²) >= 11 is 0. The largest absolute Gasteiger partial charge is 0.490 e. The topological polar surface area (TPSA) is 77.1 Å². The predicted molar refractivity (Wildman–Crippen MR) is 121 cm³/mol. The summed E-state index contributed by atoms with van der Waals surface area (Å²) in [5.41, 5.74) is 3.06. The van der Waals surface area contributed by atoms with Crippen LogP contribution >= 0.6 is 0 Å². The highest BCUT2D eigenvalue weighted by Crippen LogP contribution is 2.39. The number of ether oxygens (including phenoxy) is 3. The van der Waals surface area contributed by atoms with Gasteiger partial charge < -0.3 is 24.4 Å². The van der Waals surface area contributed by atoms with E-state index in [0.717, 1.165) is 30.6 Å². The number of nitrogens with one attached hydrogen (secondary N) is 1. The Morgan fingerprint density at radius 1 is 0.968 bits per heavy atom. The van der Waals surface area contributed by atoms with Gasteiger partial charge in [0.25, 0.3) is 5.91 Å². The van der Waals surface area contributed by atoms with Gasteiger partial charge in [-0.2, -0.15) is 0 Å². The van der Waals surface area contributed by atoms with Crippen molar-refractivity contribution in [1.82, 2.24) is 0 Å². The maximum Gasteiger partial charge on any atom is 0.255 e. The first kappa shape index (κ1) is 22.5. The highest BCUT2D eigenvalue weighted by molar-refractivity contribution is 6.05. The van der Waals surface area contributed by atoms with Crippen molar-refractivity contribution in [3.8, 4) is 17.2 Å². The van der Waals surface area contributed by atoms with Gasteiger partial charge in [-0.1, -0.05) is 0 Å². The maximum atomic E-state index is 13.0. The molecule has 0 saturated heterocycles. The highest BCUT2D eigenvalue weighted by Gasteiger charge is 2.21. The number of nitrogens with zero attached hydrogens (tertiary/aromatic N) is 1. The van der Waals surface area contributed by atoms with Crippen molar-refractivity contribution in [2.24, 2.45) is 0 Å². The molecule has 166 valence electrons. The Morgan fingerprint density at radius 3 is 2.19 bits per heavy atom. The molecule has 0 radical (unpaired) electrons. The molecular formula is C24H30N2O5. The highest BCUT2D eigenvalue weighted by atomic mass is 16.5. The third-order valence-electron chi connectivity index (χ3n) is 5.01. The minimum atomic E-state index is -0.274. The van der Waals surface area contributed by atoms with Crippen molar-refractivity contribution in [2.45, 2.75) is 40.5 Å². The van der Waals surface area contributed by atoms with E-state index in [1.807, 2.05) is 39.0 Å². The number of carbonyl (C=O) groups is 2. The van der Waals surface area contributed by atoms with E-state index in [-0.39, 0.29) is 11.8 Å². The third kappa shape index (κ3) is 5.10. The summed E-state index contributed by atoms with van der Waals surface area (Å²) < 4.78 is 17.1. The zero-order valence-corrected chi connectivity index (χ0v) is 18.6. The molecule has 0 atom stereocenters. The van der Waals surface area contributed by atoms with E-state index in [0.29, 0.717) is 48.3 Å². The van der Waals surface area contributed by atoms with Gasteiger partial charge >= 0.3 is 0 Å². The summed E-state index contributed by atoms with van der Waals surface area (Å²) in [7, 11) is 0. The van der Waals surface area contributed by atoms with Crippen LogP contribution in [0.2, 0.25) is 0 Å². The molecule has 0 fully saturated rings. The van der Waals surface area contributed by atoms with Crippen molar-refractivity contribution >= 4 is 23.2 Å². The fourth-order valence-electron chi connectivity index (χ4n) is 3.73. The van der Waals surface area contributed by atoms with E-state index in [4.69, 9.17) is 14.2 Å². The van der Waals surface area contributed by atoms with E-state index in [2.05, 4.69) is 5.32 Å². The summed E-state index contributed by atoms with van der Waals surface area (Å²) in [4.78, 5) is 26.7. The monoisotopic (exact) mass is 426 g/mol. The number of hydrogen-bond acceptors (Lipinski definition) is 5. The van der Waals surface area contributed by atoms with E-state index in [1.165, 1.54) is 0 Å². The van der Waals surface area contributed by atoms with Crippen LogP contribution in [-0.2, 0) is 11.2 Å². The molecule has 1 heterocycles. The van der Waals surface area contributed by atoms with Crippen LogP contribution in [0, 0.1) is 0 Å². The number of anilines is 2. The molecule has 1 aliphatic rings. The Hall–Kier alpha value is -3.22. The second kappa shape index (κ2) is 10.2. The van der Waals surface area contributed by atoms with Gasteiger partial charge in [-0.25, -0.2) is 0 Å². The molecule has 7 heteroatoms. The average Bonchev–Trinajstić information content (AvgIpc) is 2.75. The second-order valence-electron chi connectivity index (χ2n) is 7.17. The quantitative estimate of drug-likeness (QED) is 0.676. The van der Waals surface area contributed by atoms with Crippen LogP contribution in [0.3, 0.4) is 0 Å². The lowest BCUT2D eigenvalue weighted by Gasteiger charge is -2.29. The van der Waals surface area contributed by atoms with Crippen LogP contribution in [0.25, 0.3) is 0 Å². The first-order chi connectivity index (χ1) is 15.0. The number of rotatable bonds is 8. The minimum absolute atomic E-state index is 0.0269. The van der Waals surface area contributed by atoms with Gasteiger partial charge in [0.05, 0.1) is 19.8 Å². The zero-order chi connectivity index (χ0) is 22.4. The van der Waals surface area contributed by atoms with Gasteiger partial charge in [0.2, 0.25) is 11.7 Å². The van der Waals surface area contributed by atoms with Gasteiger partial charge in [-0.15, -0.1) is 0 Å². The lowest BCUT2D eigenvalue weighted by Crippen LogP contribution is -2.33. The summed E-state index contributed by atoms with van der Waals surface area (Å²) in [6, 6.07) is 8.98. The molecule has 2 amide bonds. The molecule has 3 rings (SSSR count). The van der Waals surface area contributed by atoms with E-state index >= 15 is 0 Å². The summed E-state index contributed by atoms with van der Waals surface area (Å²) in [6.45, 7) is 9.26. The average molecular weight is 427 g/mol. The molecule has 0 spiro atoms. The van der Waals surface area contributed by atoms with Gasteiger partial charge in [0.1, 0.15) is 0 Å². The minimum Gasteiger partial charge on any atom is -0.490 e. The molecule has 31 heavy (non-hydrogen) atoms. The normalized spacial score (nSPS) is 12.7. The molecule has 0 unspecified atom stereocenters. The fourth-order valence-corrected chi connectivity index (χ4v) is 3.73. The number of aryl methyl sites for hydroxylation is 1. The predicted octanol–water partition coefficient (Wildman–Crippen LogP) is 4.43. The Morgan fingerprint density at radius 2 is 1.61 bits per heavy atom. The number of carbonyl (C=O) groups excluding carboxylic acids is 2. The van der Waals surface area contributed by atoms with Crippen molar-refractivity contribution in [1.29, 1.82) is 0 Å². The Kier molecular flexibility index (Phi) is 7.39. The van der Waals surface area contributed by atoms with Crippen molar-refractivity contribution in [3.05, 3.63) is 41.5 Å². The molecule has 0 aliphatic carbocycles. The smallest absolute Gasteiger partial charge is 0.255 e. The third-order valence-corrected chi connectivity index (χ3v) is 5.01. The lowest BCUT2D eigenvalue weighted by atomic mass is 10.0. The van der Waals surface area contributed by atoms with Crippen LogP contribution < -0.4 is 24.4 Å². The summed E-state index contributed by atoms with van der Waals surface area (Å²) in [6.07, 6.45) is 1.77. The Labute approximate surface area is 183 Å². The Bertz CT molecular complexity index is 930. The first-order valence-corrected chi connectivity index (χ1v) is 10.8. The van der Waals surface area contributed by atoms with Crippen LogP contribution in [0.4, 0.5) is 11.4 Å². The summed E-state index contributed by atoms with van der Waals surface area (Å²) in [5, 5.41) is 2.95. The fraction of sp³-hybridized carbons (Fsp3) is 0.417. The van der Waals surface area contributed by atoms with Crippen molar-refractivity contribution < 1.29 is 23.8 Å². The van der Waals surface area contributed by atoms with E-state index in [9.17, 15) is 9.59 Å². The molecule has 0 aromatic heterocycles. The van der Waals surface area contributed by atoms with E-state index in [1.54, 1.807) is 24.0 Å². The SMILES string of the molecule is CCOc1cc(C(=O)Nc2ccc3c(c2)CCCN3C(C)=O)cc(OCC)c1OCC. The molecule has 7 nitrogen and oxygen atoms in total. The molecule has 0 bridgehead atoms. The van der Waals surface area contributed by atoms with Crippen molar-refractivity contribution in [2.75, 3.05) is 36.6 Å². The maximum absolute atomic E-state index is 13.0. The van der Waals surface area contributed by atoms with Crippen LogP contribution in [-0.4, -0.2) is 38.2 Å². The Balaban J connectivity index is 1.88. The van der Waals surface area contributed by atoms with Gasteiger partial charge in [0.15, 0.2) is 11.5 Å². The number of fused-ring (bicyclic) bond motifs is 1. The number of amides is 2. The number of benzene rings is 2. The van der Waals surface area contributed by atoms with Gasteiger partial charge in [0, 0.05) is 30.4 Å². The molecular weight excluding hydrogens is 396 g/mol. The molecule has 2 aromatic carbocycles. The molecule has 0 saturated carbocycles. The first-order valence-electron chi connectivity index (χ1n) is 10.8. The standard InChI is InChI=1S/C24H30N2O5/c1-5-29-21-14-18(15-22(30-6-2)23(21)31-7-3)24(28)25-19-10-11-20-17(13-19)9-8-12-26(20)16(4)27/h10-11,13-15H,5-9,12H2,1-4H3,(H,25,28). The number of hydrogen-bond donors (Lipinski definition) is 1. The van der Waals surface area contributed by atoms with Crippen molar-refractivity contribution in [3.63, 3.8) is 0 Å². The molecule has 1 aliphatic heterocycles. The van der Waals surface area contributed by atoms with Crippen LogP contribution in [0.1, 0.15) is 50.0 Å². The lowest BCUT2D eigenvalue weighted by molar-refractivity contribution is -0.116.